The molecule has 10 atom stereocenters. The lowest BCUT2D eigenvalue weighted by atomic mass is 9.44. The predicted molar refractivity (Wildman–Crippen MR) is 159 cm³/mol. The molecule has 6 rings (SSSR count). The van der Waals surface area contributed by atoms with Crippen molar-refractivity contribution in [2.75, 3.05) is 39.3 Å². The van der Waals surface area contributed by atoms with Crippen LogP contribution >= 0.6 is 0 Å². The van der Waals surface area contributed by atoms with E-state index in [1.807, 2.05) is 11.8 Å². The Morgan fingerprint density at radius 3 is 2.33 bits per heavy atom. The Hall–Kier alpha value is -1.71. The zero-order valence-electron chi connectivity index (χ0n) is 26.1. The number of carbonyl (C=O) groups excluding carboxylic acids is 3. The molecule has 0 aromatic carbocycles. The fraction of sp³-hybridized carbons (Fsp3) is 0.909. The molecule has 9 nitrogen and oxygen atoms in total. The van der Waals surface area contributed by atoms with Gasteiger partial charge >= 0.3 is 0 Å². The minimum absolute atomic E-state index is 0.0109. The molecule has 6 aliphatic rings. The van der Waals surface area contributed by atoms with Crippen LogP contribution in [0.1, 0.15) is 91.4 Å². The number of piperazine rings is 1. The largest absolute Gasteiger partial charge is 0.393 e. The van der Waals surface area contributed by atoms with E-state index in [-0.39, 0.29) is 53.3 Å². The molecule has 0 bridgehead atoms. The van der Waals surface area contributed by atoms with Gasteiger partial charge in [-0.05, 0) is 98.7 Å². The third-order valence-electron chi connectivity index (χ3n) is 13.4. The molecule has 236 valence electrons. The van der Waals surface area contributed by atoms with Gasteiger partial charge in [0.05, 0.1) is 18.8 Å². The highest BCUT2D eigenvalue weighted by atomic mass is 16.3. The van der Waals surface area contributed by atoms with Crippen molar-refractivity contribution >= 4 is 17.7 Å². The Morgan fingerprint density at radius 2 is 1.60 bits per heavy atom. The number of nitrogens with zero attached hydrogens (tertiary/aromatic N) is 3. The molecule has 6 fully saturated rings. The van der Waals surface area contributed by atoms with Crippen LogP contribution in [0.3, 0.4) is 0 Å². The summed E-state index contributed by atoms with van der Waals surface area (Å²) in [5.74, 6) is 2.25. The second kappa shape index (κ2) is 11.7. The first-order valence-corrected chi connectivity index (χ1v) is 17.0. The van der Waals surface area contributed by atoms with Crippen LogP contribution in [0.2, 0.25) is 0 Å². The molecule has 2 saturated heterocycles. The summed E-state index contributed by atoms with van der Waals surface area (Å²) in [7, 11) is 0. The van der Waals surface area contributed by atoms with Crippen LogP contribution in [-0.2, 0) is 14.4 Å². The number of likely N-dealkylation sites (tertiary alicyclic amines) is 1. The standard InChI is InChI=1S/C33H54N4O5/c1-4-29(40)37-13-5-6-25(37)31(42)34-20-30(41)36-16-14-35(15-17-36)26-19-33(3)21(18-27(26)38)7-8-22-23-9-10-28(39)32(23,2)12-11-24(22)33/h21-28,38-39H,4-20H2,1-3H3,(H,34,42)/t21-,22-,23-,24-,25-,26-,27-,28-,32-,33-/m0/s1. The first-order valence-electron chi connectivity index (χ1n) is 17.0. The van der Waals surface area contributed by atoms with E-state index in [9.17, 15) is 24.6 Å². The van der Waals surface area contributed by atoms with Crippen molar-refractivity contribution in [3.05, 3.63) is 0 Å². The summed E-state index contributed by atoms with van der Waals surface area (Å²) in [6.07, 6.45) is 10.2. The van der Waals surface area contributed by atoms with Gasteiger partial charge in [0.2, 0.25) is 17.7 Å². The van der Waals surface area contributed by atoms with E-state index in [4.69, 9.17) is 0 Å². The van der Waals surface area contributed by atoms with Gasteiger partial charge in [-0.1, -0.05) is 20.8 Å². The fourth-order valence-electron chi connectivity index (χ4n) is 10.9. The summed E-state index contributed by atoms with van der Waals surface area (Å²) >= 11 is 0. The Bertz CT molecular complexity index is 1050. The summed E-state index contributed by atoms with van der Waals surface area (Å²) in [5.41, 5.74) is 0.301. The van der Waals surface area contributed by atoms with Crippen molar-refractivity contribution < 1.29 is 24.6 Å². The quantitative estimate of drug-likeness (QED) is 0.456. The third-order valence-corrected chi connectivity index (χ3v) is 13.4. The van der Waals surface area contributed by atoms with Gasteiger partial charge < -0.3 is 25.3 Å². The molecule has 9 heteroatoms. The van der Waals surface area contributed by atoms with Crippen molar-refractivity contribution in [2.24, 2.45) is 34.5 Å². The van der Waals surface area contributed by atoms with E-state index in [1.54, 1.807) is 4.90 Å². The third kappa shape index (κ3) is 5.09. The number of hydrogen-bond donors (Lipinski definition) is 3. The van der Waals surface area contributed by atoms with Crippen LogP contribution in [-0.4, -0.2) is 106 Å². The lowest BCUT2D eigenvalue weighted by Gasteiger charge is -2.62. The molecule has 2 aliphatic heterocycles. The van der Waals surface area contributed by atoms with Crippen molar-refractivity contribution in [1.29, 1.82) is 0 Å². The summed E-state index contributed by atoms with van der Waals surface area (Å²) in [5, 5.41) is 25.0. The van der Waals surface area contributed by atoms with Crippen LogP contribution in [0.25, 0.3) is 0 Å². The van der Waals surface area contributed by atoms with Gasteiger partial charge in [-0.2, -0.15) is 0 Å². The molecule has 4 saturated carbocycles. The van der Waals surface area contributed by atoms with Crippen LogP contribution in [0, 0.1) is 34.5 Å². The monoisotopic (exact) mass is 586 g/mol. The summed E-state index contributed by atoms with van der Waals surface area (Å²) in [6.45, 7) is 9.93. The fourth-order valence-corrected chi connectivity index (χ4v) is 10.9. The van der Waals surface area contributed by atoms with E-state index in [0.29, 0.717) is 56.1 Å². The highest BCUT2D eigenvalue weighted by Crippen LogP contribution is 2.66. The maximum atomic E-state index is 13.0. The molecule has 0 spiro atoms. The maximum Gasteiger partial charge on any atom is 0.243 e. The Labute approximate surface area is 251 Å². The number of fused-ring (bicyclic) bond motifs is 5. The normalized spacial score (nSPS) is 43.8. The number of nitrogens with one attached hydrogen (secondary N) is 1. The summed E-state index contributed by atoms with van der Waals surface area (Å²) in [6, 6.07) is -0.343. The molecule has 0 radical (unpaired) electrons. The molecule has 42 heavy (non-hydrogen) atoms. The second-order valence-corrected chi connectivity index (χ2v) is 15.1. The van der Waals surface area contributed by atoms with Gasteiger partial charge in [0.1, 0.15) is 6.04 Å². The van der Waals surface area contributed by atoms with Crippen LogP contribution < -0.4 is 5.32 Å². The van der Waals surface area contributed by atoms with Crippen molar-refractivity contribution in [2.45, 2.75) is 116 Å². The average Bonchev–Trinajstić information content (AvgIpc) is 3.60. The Morgan fingerprint density at radius 1 is 0.857 bits per heavy atom. The predicted octanol–water partition coefficient (Wildman–Crippen LogP) is 2.39. The minimum atomic E-state index is -0.462. The topological polar surface area (TPSA) is 113 Å². The van der Waals surface area contributed by atoms with E-state index >= 15 is 0 Å². The van der Waals surface area contributed by atoms with Crippen LogP contribution in [0.4, 0.5) is 0 Å². The highest BCUT2D eigenvalue weighted by molar-refractivity contribution is 5.91. The summed E-state index contributed by atoms with van der Waals surface area (Å²) in [4.78, 5) is 43.9. The first kappa shape index (κ1) is 30.3. The molecular formula is C33H54N4O5. The zero-order chi connectivity index (χ0) is 29.8. The van der Waals surface area contributed by atoms with Gasteiger partial charge in [0.15, 0.2) is 0 Å². The van der Waals surface area contributed by atoms with E-state index in [2.05, 4.69) is 24.1 Å². The zero-order valence-corrected chi connectivity index (χ0v) is 26.1. The van der Waals surface area contributed by atoms with Crippen molar-refractivity contribution in [1.82, 2.24) is 20.0 Å². The SMILES string of the molecule is CCC(=O)N1CCC[C@H]1C(=O)NCC(=O)N1CCN([C@H]2C[C@@]3(C)[C@@H](CC[C@@H]4[C@@H]3CC[C@]3(C)[C@@H](O)CC[C@@H]43)C[C@@H]2O)CC1. The second-order valence-electron chi connectivity index (χ2n) is 15.1. The number of aliphatic hydroxyl groups excluding tert-OH is 2. The van der Waals surface area contributed by atoms with E-state index in [1.165, 1.54) is 19.3 Å². The lowest BCUT2D eigenvalue weighted by Crippen LogP contribution is -2.62. The summed E-state index contributed by atoms with van der Waals surface area (Å²) < 4.78 is 0. The van der Waals surface area contributed by atoms with Crippen molar-refractivity contribution in [3.63, 3.8) is 0 Å². The number of amides is 3. The first-order chi connectivity index (χ1) is 20.1. The molecule has 3 N–H and O–H groups in total. The van der Waals surface area contributed by atoms with Crippen LogP contribution in [0.5, 0.6) is 0 Å². The molecule has 0 aromatic heterocycles. The molecule has 0 aromatic rings. The molecular weight excluding hydrogens is 532 g/mol. The van der Waals surface area contributed by atoms with Gasteiger partial charge in [-0.3, -0.25) is 19.3 Å². The average molecular weight is 587 g/mol. The number of hydrogen-bond acceptors (Lipinski definition) is 6. The van der Waals surface area contributed by atoms with Crippen LogP contribution in [0.15, 0.2) is 0 Å². The van der Waals surface area contributed by atoms with E-state index < -0.39 is 6.04 Å². The highest BCUT2D eigenvalue weighted by Gasteiger charge is 2.61. The number of rotatable bonds is 5. The van der Waals surface area contributed by atoms with Gasteiger partial charge in [-0.15, -0.1) is 0 Å². The smallest absolute Gasteiger partial charge is 0.243 e. The molecule has 3 amide bonds. The van der Waals surface area contributed by atoms with E-state index in [0.717, 1.165) is 51.6 Å². The minimum Gasteiger partial charge on any atom is -0.393 e. The molecule has 4 aliphatic carbocycles. The van der Waals surface area contributed by atoms with Gasteiger partial charge in [-0.25, -0.2) is 0 Å². The lowest BCUT2D eigenvalue weighted by molar-refractivity contribution is -0.156. The number of aliphatic hydroxyl groups is 2. The maximum absolute atomic E-state index is 13.0. The Kier molecular flexibility index (Phi) is 8.42. The molecule has 0 unspecified atom stereocenters. The molecule has 2 heterocycles. The van der Waals surface area contributed by atoms with Gasteiger partial charge in [0.25, 0.3) is 0 Å². The Balaban J connectivity index is 1.03. The number of carbonyl (C=O) groups is 3. The van der Waals surface area contributed by atoms with Gasteiger partial charge in [0, 0.05) is 45.2 Å². The van der Waals surface area contributed by atoms with Crippen molar-refractivity contribution in [3.8, 4) is 0 Å².